The second-order valence-corrected chi connectivity index (χ2v) is 3.74. The summed E-state index contributed by atoms with van der Waals surface area (Å²) in [5, 5.41) is 7.42. The molecule has 0 saturated heterocycles. The molecule has 0 aromatic carbocycles. The van der Waals surface area contributed by atoms with Crippen molar-refractivity contribution in [2.75, 3.05) is 54.5 Å². The Morgan fingerprint density at radius 1 is 1.07 bits per heavy atom. The highest BCUT2D eigenvalue weighted by Crippen LogP contribution is 1.80. The van der Waals surface area contributed by atoms with Crippen molar-refractivity contribution < 1.29 is 14.6 Å². The van der Waals surface area contributed by atoms with Gasteiger partial charge in [0.25, 0.3) is 5.97 Å². The van der Waals surface area contributed by atoms with Crippen LogP contribution in [-0.2, 0) is 9.53 Å². The average molecular weight is 220 g/mol. The Balaban J connectivity index is 0. The molecule has 0 bridgehead atoms. The van der Waals surface area contributed by atoms with Crippen molar-refractivity contribution in [2.24, 2.45) is 0 Å². The van der Waals surface area contributed by atoms with Crippen molar-refractivity contribution in [3.63, 3.8) is 0 Å². The van der Waals surface area contributed by atoms with Gasteiger partial charge in [0.05, 0.1) is 13.2 Å². The minimum Gasteiger partial charge on any atom is -0.481 e. The summed E-state index contributed by atoms with van der Waals surface area (Å²) in [6.07, 6.45) is 0. The minimum absolute atomic E-state index is 0.833. The zero-order valence-electron chi connectivity index (χ0n) is 10.5. The summed E-state index contributed by atoms with van der Waals surface area (Å²) >= 11 is 0. The van der Waals surface area contributed by atoms with E-state index >= 15 is 0 Å². The van der Waals surface area contributed by atoms with E-state index < -0.39 is 5.97 Å². The summed E-state index contributed by atoms with van der Waals surface area (Å²) < 4.78 is 5.37. The Morgan fingerprint density at radius 2 is 1.33 bits per heavy atom. The van der Waals surface area contributed by atoms with E-state index in [1.54, 1.807) is 0 Å². The van der Waals surface area contributed by atoms with Crippen LogP contribution in [0.2, 0.25) is 0 Å². The van der Waals surface area contributed by atoms with Gasteiger partial charge in [-0.05, 0) is 28.2 Å². The number of carbonyl (C=O) groups is 1. The number of hydrogen-bond acceptors (Lipinski definition) is 4. The molecule has 15 heavy (non-hydrogen) atoms. The van der Waals surface area contributed by atoms with Gasteiger partial charge in [-0.2, -0.15) is 0 Å². The third kappa shape index (κ3) is 31.8. The minimum atomic E-state index is -0.833. The fourth-order valence-electron chi connectivity index (χ4n) is 0.596. The fourth-order valence-corrected chi connectivity index (χ4v) is 0.596. The predicted molar refractivity (Wildman–Crippen MR) is 61.2 cm³/mol. The molecule has 0 atom stereocenters. The van der Waals surface area contributed by atoms with Crippen molar-refractivity contribution in [1.82, 2.24) is 9.80 Å². The number of ether oxygens (including phenoxy) is 1. The molecule has 0 amide bonds. The third-order valence-corrected chi connectivity index (χ3v) is 1.37. The number of carboxylic acid groups (broad SMARTS) is 1. The predicted octanol–water partition coefficient (Wildman–Crippen LogP) is 0.217. The Morgan fingerprint density at radius 3 is 1.53 bits per heavy atom. The Hall–Kier alpha value is -0.650. The normalized spacial score (nSPS) is 10.1. The standard InChI is InChI=1S/C8H20N2O.C2H4O2/c1-9(2)5-7-11-8-6-10(3)4;1-2(3)4/h5-8H2,1-4H3;1H3,(H,3,4). The molecule has 92 valence electrons. The third-order valence-electron chi connectivity index (χ3n) is 1.37. The van der Waals surface area contributed by atoms with Crippen molar-refractivity contribution >= 4 is 5.97 Å². The van der Waals surface area contributed by atoms with E-state index in [1.165, 1.54) is 0 Å². The van der Waals surface area contributed by atoms with Crippen LogP contribution in [0.5, 0.6) is 0 Å². The van der Waals surface area contributed by atoms with Gasteiger partial charge in [-0.15, -0.1) is 0 Å². The molecular formula is C10H24N2O3. The highest BCUT2D eigenvalue weighted by atomic mass is 16.5. The van der Waals surface area contributed by atoms with Gasteiger partial charge in [0.2, 0.25) is 0 Å². The molecule has 0 aromatic rings. The van der Waals surface area contributed by atoms with Gasteiger partial charge < -0.3 is 19.6 Å². The van der Waals surface area contributed by atoms with E-state index in [-0.39, 0.29) is 0 Å². The number of likely N-dealkylation sites (N-methyl/N-ethyl adjacent to an activating group) is 2. The molecule has 0 unspecified atom stereocenters. The fraction of sp³-hybridized carbons (Fsp3) is 0.900. The molecule has 0 radical (unpaired) electrons. The number of rotatable bonds is 6. The van der Waals surface area contributed by atoms with Crippen LogP contribution in [0.4, 0.5) is 0 Å². The topological polar surface area (TPSA) is 53.0 Å². The molecule has 0 heterocycles. The molecule has 0 spiro atoms. The summed E-state index contributed by atoms with van der Waals surface area (Å²) in [6.45, 7) is 4.77. The Labute approximate surface area is 92.6 Å². The lowest BCUT2D eigenvalue weighted by atomic mass is 10.6. The van der Waals surface area contributed by atoms with Gasteiger partial charge in [0.15, 0.2) is 0 Å². The van der Waals surface area contributed by atoms with Crippen LogP contribution in [0, 0.1) is 0 Å². The molecule has 0 aliphatic rings. The lowest BCUT2D eigenvalue weighted by Crippen LogP contribution is -2.22. The van der Waals surface area contributed by atoms with Crippen molar-refractivity contribution in [3.8, 4) is 0 Å². The Kier molecular flexibility index (Phi) is 12.8. The van der Waals surface area contributed by atoms with Crippen LogP contribution >= 0.6 is 0 Å². The largest absolute Gasteiger partial charge is 0.481 e. The molecule has 1 N–H and O–H groups in total. The number of carboxylic acids is 1. The summed E-state index contributed by atoms with van der Waals surface area (Å²) in [7, 11) is 8.20. The van der Waals surface area contributed by atoms with Crippen LogP contribution in [-0.4, -0.2) is 75.4 Å². The summed E-state index contributed by atoms with van der Waals surface area (Å²) in [5.74, 6) is -0.833. The lowest BCUT2D eigenvalue weighted by Gasteiger charge is -2.12. The van der Waals surface area contributed by atoms with Gasteiger partial charge >= 0.3 is 0 Å². The molecule has 5 heteroatoms. The first-order chi connectivity index (χ1) is 6.86. The summed E-state index contributed by atoms with van der Waals surface area (Å²) in [4.78, 5) is 13.2. The second-order valence-electron chi connectivity index (χ2n) is 3.74. The number of aliphatic carboxylic acids is 1. The van der Waals surface area contributed by atoms with E-state index in [9.17, 15) is 0 Å². The maximum absolute atomic E-state index is 9.00. The summed E-state index contributed by atoms with van der Waals surface area (Å²) in [5.41, 5.74) is 0. The van der Waals surface area contributed by atoms with Crippen LogP contribution in [0.25, 0.3) is 0 Å². The highest BCUT2D eigenvalue weighted by molar-refractivity contribution is 5.62. The van der Waals surface area contributed by atoms with E-state index in [1.807, 2.05) is 0 Å². The van der Waals surface area contributed by atoms with E-state index in [2.05, 4.69) is 38.0 Å². The van der Waals surface area contributed by atoms with Gasteiger partial charge in [-0.3, -0.25) is 4.79 Å². The van der Waals surface area contributed by atoms with E-state index in [4.69, 9.17) is 14.6 Å². The number of nitrogens with zero attached hydrogens (tertiary/aromatic N) is 2. The van der Waals surface area contributed by atoms with E-state index in [0.29, 0.717) is 0 Å². The zero-order valence-corrected chi connectivity index (χ0v) is 10.5. The van der Waals surface area contributed by atoms with Gasteiger partial charge in [0, 0.05) is 20.0 Å². The SMILES string of the molecule is CC(=O)O.CN(C)CCOCCN(C)C. The summed E-state index contributed by atoms with van der Waals surface area (Å²) in [6, 6.07) is 0. The van der Waals surface area contributed by atoms with Crippen LogP contribution in [0.15, 0.2) is 0 Å². The first kappa shape index (κ1) is 16.8. The van der Waals surface area contributed by atoms with Crippen molar-refractivity contribution in [2.45, 2.75) is 6.92 Å². The molecule has 0 rings (SSSR count). The second kappa shape index (κ2) is 11.4. The molecule has 0 saturated carbocycles. The monoisotopic (exact) mass is 220 g/mol. The van der Waals surface area contributed by atoms with Gasteiger partial charge in [0.1, 0.15) is 0 Å². The quantitative estimate of drug-likeness (QED) is 0.649. The maximum Gasteiger partial charge on any atom is 0.300 e. The van der Waals surface area contributed by atoms with Gasteiger partial charge in [-0.1, -0.05) is 0 Å². The Bertz CT molecular complexity index is 136. The molecule has 0 aliphatic carbocycles. The average Bonchev–Trinajstić information content (AvgIpc) is 2.01. The smallest absolute Gasteiger partial charge is 0.300 e. The zero-order chi connectivity index (χ0) is 12.3. The molecule has 0 fully saturated rings. The van der Waals surface area contributed by atoms with Crippen LogP contribution < -0.4 is 0 Å². The molecule has 5 nitrogen and oxygen atoms in total. The van der Waals surface area contributed by atoms with Crippen molar-refractivity contribution in [1.29, 1.82) is 0 Å². The highest BCUT2D eigenvalue weighted by Gasteiger charge is 1.91. The lowest BCUT2D eigenvalue weighted by molar-refractivity contribution is -0.134. The molecular weight excluding hydrogens is 196 g/mol. The van der Waals surface area contributed by atoms with Crippen LogP contribution in [0.1, 0.15) is 6.92 Å². The maximum atomic E-state index is 9.00. The first-order valence-corrected chi connectivity index (χ1v) is 4.93. The van der Waals surface area contributed by atoms with Gasteiger partial charge in [-0.25, -0.2) is 0 Å². The van der Waals surface area contributed by atoms with Crippen LogP contribution in [0.3, 0.4) is 0 Å². The first-order valence-electron chi connectivity index (χ1n) is 4.93. The molecule has 0 aromatic heterocycles. The molecule has 0 aliphatic heterocycles. The van der Waals surface area contributed by atoms with Crippen molar-refractivity contribution in [3.05, 3.63) is 0 Å². The number of hydrogen-bond donors (Lipinski definition) is 1. The van der Waals surface area contributed by atoms with E-state index in [0.717, 1.165) is 33.2 Å².